The zero-order valence-corrected chi connectivity index (χ0v) is 21.3. The smallest absolute Gasteiger partial charge is 0.275 e. The number of H-pyrrole nitrogens is 1. The SMILES string of the molecule is CCCCCCOc1ccc(-c2cc(-c3nn(CC4CC4)cc3Cl)c(N3N=NCC3=O)c(=O)[nH]2)c(F)c1. The van der Waals surface area contributed by atoms with Crippen molar-refractivity contribution in [1.29, 1.82) is 0 Å². The van der Waals surface area contributed by atoms with Gasteiger partial charge in [-0.3, -0.25) is 14.3 Å². The number of halogens is 2. The lowest BCUT2D eigenvalue weighted by Gasteiger charge is -2.15. The number of benzene rings is 1. The van der Waals surface area contributed by atoms with Gasteiger partial charge in [-0.2, -0.15) is 15.2 Å². The first-order valence-corrected chi connectivity index (χ1v) is 13.0. The van der Waals surface area contributed by atoms with Crippen LogP contribution in [0.3, 0.4) is 0 Å². The number of ether oxygens (including phenoxy) is 1. The topological polar surface area (TPSA) is 105 Å². The van der Waals surface area contributed by atoms with E-state index < -0.39 is 17.3 Å². The quantitative estimate of drug-likeness (QED) is 0.320. The molecule has 9 nitrogen and oxygen atoms in total. The molecule has 0 unspecified atom stereocenters. The maximum absolute atomic E-state index is 15.2. The molecule has 1 saturated carbocycles. The van der Waals surface area contributed by atoms with E-state index in [9.17, 15) is 9.59 Å². The summed E-state index contributed by atoms with van der Waals surface area (Å²) in [6, 6.07) is 6.09. The number of carbonyl (C=O) groups is 1. The van der Waals surface area contributed by atoms with Crippen molar-refractivity contribution in [1.82, 2.24) is 14.8 Å². The van der Waals surface area contributed by atoms with Crippen LogP contribution < -0.4 is 15.3 Å². The number of carbonyl (C=O) groups excluding carboxylic acids is 1. The highest BCUT2D eigenvalue weighted by Crippen LogP contribution is 2.37. The van der Waals surface area contributed by atoms with Crippen LogP contribution in [0.25, 0.3) is 22.5 Å². The summed E-state index contributed by atoms with van der Waals surface area (Å²) < 4.78 is 22.6. The van der Waals surface area contributed by atoms with Crippen LogP contribution in [-0.2, 0) is 11.3 Å². The number of nitrogens with zero attached hydrogens (tertiary/aromatic N) is 5. The van der Waals surface area contributed by atoms with E-state index in [0.717, 1.165) is 43.5 Å². The summed E-state index contributed by atoms with van der Waals surface area (Å²) in [4.78, 5) is 28.4. The van der Waals surface area contributed by atoms with Crippen molar-refractivity contribution in [3.63, 3.8) is 0 Å². The molecule has 194 valence electrons. The van der Waals surface area contributed by atoms with Crippen molar-refractivity contribution in [3.05, 3.63) is 51.7 Å². The number of unbranched alkanes of at least 4 members (excludes halogenated alkanes) is 3. The second-order valence-electron chi connectivity index (χ2n) is 9.41. The summed E-state index contributed by atoms with van der Waals surface area (Å²) in [6.07, 6.45) is 8.18. The Balaban J connectivity index is 1.51. The first-order chi connectivity index (χ1) is 17.9. The summed E-state index contributed by atoms with van der Waals surface area (Å²) in [5, 5.41) is 13.4. The highest BCUT2D eigenvalue weighted by atomic mass is 35.5. The fourth-order valence-corrected chi connectivity index (χ4v) is 4.54. The van der Waals surface area contributed by atoms with Gasteiger partial charge in [0.05, 0.1) is 17.3 Å². The molecule has 2 aromatic heterocycles. The number of aromatic nitrogens is 3. The Labute approximate surface area is 218 Å². The molecule has 1 aliphatic heterocycles. The third-order valence-electron chi connectivity index (χ3n) is 6.43. The van der Waals surface area contributed by atoms with E-state index in [1.165, 1.54) is 6.07 Å². The Bertz CT molecular complexity index is 1400. The van der Waals surface area contributed by atoms with Gasteiger partial charge >= 0.3 is 0 Å². The second-order valence-corrected chi connectivity index (χ2v) is 9.82. The van der Waals surface area contributed by atoms with E-state index >= 15 is 4.39 Å². The van der Waals surface area contributed by atoms with E-state index in [-0.39, 0.29) is 29.1 Å². The van der Waals surface area contributed by atoms with Gasteiger partial charge in [0.2, 0.25) is 0 Å². The van der Waals surface area contributed by atoms with E-state index in [2.05, 4.69) is 27.3 Å². The van der Waals surface area contributed by atoms with Gasteiger partial charge in [-0.1, -0.05) is 43.0 Å². The second kappa shape index (κ2) is 10.8. The number of nitrogens with one attached hydrogen (secondary N) is 1. The molecule has 11 heteroatoms. The van der Waals surface area contributed by atoms with Crippen LogP contribution in [-0.4, -0.2) is 33.8 Å². The average Bonchev–Trinajstić information content (AvgIpc) is 3.47. The molecule has 0 spiro atoms. The Morgan fingerprint density at radius 2 is 2.00 bits per heavy atom. The van der Waals surface area contributed by atoms with E-state index in [4.69, 9.17) is 16.3 Å². The van der Waals surface area contributed by atoms with Crippen LogP contribution in [0.15, 0.2) is 45.6 Å². The molecule has 3 aromatic rings. The minimum absolute atomic E-state index is 0.0546. The zero-order valence-electron chi connectivity index (χ0n) is 20.5. The molecule has 5 rings (SSSR count). The molecule has 0 bridgehead atoms. The third kappa shape index (κ3) is 5.58. The molecule has 0 radical (unpaired) electrons. The lowest BCUT2D eigenvalue weighted by Crippen LogP contribution is -2.29. The van der Waals surface area contributed by atoms with E-state index in [0.29, 0.717) is 35.5 Å². The fraction of sp³-hybridized carbons (Fsp3) is 0.423. The molecule has 1 fully saturated rings. The van der Waals surface area contributed by atoms with Crippen molar-refractivity contribution < 1.29 is 13.9 Å². The van der Waals surface area contributed by atoms with Crippen molar-refractivity contribution in [2.24, 2.45) is 16.3 Å². The Kier molecular flexibility index (Phi) is 7.36. The Morgan fingerprint density at radius 1 is 1.16 bits per heavy atom. The first kappa shape index (κ1) is 25.1. The van der Waals surface area contributed by atoms with Gasteiger partial charge in [0.15, 0.2) is 0 Å². The van der Waals surface area contributed by atoms with Gasteiger partial charge in [0, 0.05) is 29.9 Å². The monoisotopic (exact) mass is 526 g/mol. The van der Waals surface area contributed by atoms with Gasteiger partial charge in [0.25, 0.3) is 11.5 Å². The Hall–Kier alpha value is -3.53. The summed E-state index contributed by atoms with van der Waals surface area (Å²) in [7, 11) is 0. The summed E-state index contributed by atoms with van der Waals surface area (Å²) >= 11 is 6.54. The molecular weight excluding hydrogens is 499 g/mol. The van der Waals surface area contributed by atoms with Crippen LogP contribution in [0, 0.1) is 11.7 Å². The molecular formula is C26H28ClFN6O3. The third-order valence-corrected chi connectivity index (χ3v) is 6.70. The molecule has 1 aromatic carbocycles. The van der Waals surface area contributed by atoms with Gasteiger partial charge in [-0.15, -0.1) is 0 Å². The highest BCUT2D eigenvalue weighted by Gasteiger charge is 2.30. The number of hydrogen-bond donors (Lipinski definition) is 1. The van der Waals surface area contributed by atoms with Crippen LogP contribution >= 0.6 is 11.6 Å². The minimum Gasteiger partial charge on any atom is -0.493 e. The molecule has 2 aliphatic rings. The van der Waals surface area contributed by atoms with E-state index in [1.807, 2.05) is 0 Å². The summed E-state index contributed by atoms with van der Waals surface area (Å²) in [5.74, 6) is -0.0438. The maximum Gasteiger partial charge on any atom is 0.275 e. The van der Waals surface area contributed by atoms with Gasteiger partial charge in [-0.25, -0.2) is 4.39 Å². The van der Waals surface area contributed by atoms with Crippen LogP contribution in [0.4, 0.5) is 10.1 Å². The van der Waals surface area contributed by atoms with Crippen molar-refractivity contribution in [2.75, 3.05) is 18.2 Å². The molecule has 0 saturated heterocycles. The highest BCUT2D eigenvalue weighted by molar-refractivity contribution is 6.33. The molecule has 0 atom stereocenters. The fourth-order valence-electron chi connectivity index (χ4n) is 4.29. The van der Waals surface area contributed by atoms with Crippen molar-refractivity contribution in [3.8, 4) is 28.3 Å². The number of anilines is 1. The minimum atomic E-state index is -0.634. The summed E-state index contributed by atoms with van der Waals surface area (Å²) in [5.41, 5.74) is 0.277. The lowest BCUT2D eigenvalue weighted by atomic mass is 10.0. The molecule has 3 heterocycles. The average molecular weight is 527 g/mol. The predicted octanol–water partition coefficient (Wildman–Crippen LogP) is 5.78. The van der Waals surface area contributed by atoms with Crippen LogP contribution in [0.1, 0.15) is 45.4 Å². The largest absolute Gasteiger partial charge is 0.493 e. The molecule has 1 N–H and O–H groups in total. The van der Waals surface area contributed by atoms with Gasteiger partial charge < -0.3 is 9.72 Å². The maximum atomic E-state index is 15.2. The number of pyridine rings is 1. The molecule has 1 aliphatic carbocycles. The summed E-state index contributed by atoms with van der Waals surface area (Å²) in [6.45, 7) is 3.19. The lowest BCUT2D eigenvalue weighted by molar-refractivity contribution is -0.116. The van der Waals surface area contributed by atoms with Gasteiger partial charge in [0.1, 0.15) is 29.5 Å². The van der Waals surface area contributed by atoms with E-state index in [1.54, 1.807) is 29.1 Å². The first-order valence-electron chi connectivity index (χ1n) is 12.6. The predicted molar refractivity (Wildman–Crippen MR) is 138 cm³/mol. The normalized spacial score (nSPS) is 15.1. The van der Waals surface area contributed by atoms with Crippen LogP contribution in [0.5, 0.6) is 5.75 Å². The van der Waals surface area contributed by atoms with Crippen LogP contribution in [0.2, 0.25) is 5.02 Å². The molecule has 37 heavy (non-hydrogen) atoms. The zero-order chi connectivity index (χ0) is 25.9. The molecule has 1 amide bonds. The van der Waals surface area contributed by atoms with Crippen molar-refractivity contribution >= 4 is 23.2 Å². The van der Waals surface area contributed by atoms with Gasteiger partial charge in [-0.05, 0) is 43.4 Å². The number of hydrogen-bond acceptors (Lipinski definition) is 6. The number of amides is 1. The number of aromatic amines is 1. The number of rotatable bonds is 11. The Morgan fingerprint density at radius 3 is 2.70 bits per heavy atom. The standard InChI is InChI=1S/C26H28ClFN6O3/c1-2-3-4-5-10-37-17-8-9-18(21(28)11-17)22-12-19(24-20(27)15-33(31-24)14-16-6-7-16)25(26(36)30-22)34-23(35)13-29-32-34/h8-9,11-12,15-16H,2-7,10,13-14H2,1H3,(H,30,36). The van der Waals surface area contributed by atoms with Crippen molar-refractivity contribution in [2.45, 2.75) is 52.0 Å².